The molecule has 3 aliphatic heterocycles. The molecule has 3 fully saturated rings. The maximum absolute atomic E-state index is 12.1. The number of nitrogens with zero attached hydrogens (tertiary/aromatic N) is 2. The van der Waals surface area contributed by atoms with Crippen LogP contribution in [0.3, 0.4) is 0 Å². The van der Waals surface area contributed by atoms with Crippen LogP contribution in [0.5, 0.6) is 5.75 Å². The number of esters is 1. The van der Waals surface area contributed by atoms with Crippen LogP contribution in [-0.4, -0.2) is 47.9 Å². The van der Waals surface area contributed by atoms with Gasteiger partial charge in [-0.25, -0.2) is 0 Å². The Labute approximate surface area is 152 Å². The second-order valence-corrected chi connectivity index (χ2v) is 7.04. The Morgan fingerprint density at radius 2 is 2.19 bits per heavy atom. The van der Waals surface area contributed by atoms with Gasteiger partial charge in [-0.2, -0.15) is 0 Å². The average molecular weight is 354 g/mol. The number of rotatable bonds is 4. The zero-order valence-electron chi connectivity index (χ0n) is 15.0. The molecule has 1 aromatic carbocycles. The number of aromatic nitrogens is 1. The Morgan fingerprint density at radius 3 is 2.85 bits per heavy atom. The van der Waals surface area contributed by atoms with E-state index in [4.69, 9.17) is 9.47 Å². The molecule has 0 saturated carbocycles. The first-order chi connectivity index (χ1) is 12.6. The minimum atomic E-state index is -0.430. The van der Waals surface area contributed by atoms with Crippen molar-refractivity contribution in [2.45, 2.75) is 31.9 Å². The summed E-state index contributed by atoms with van der Waals surface area (Å²) in [7, 11) is 1.62. The summed E-state index contributed by atoms with van der Waals surface area (Å²) in [6, 6.07) is 7.60. The highest BCUT2D eigenvalue weighted by Gasteiger charge is 2.44. The van der Waals surface area contributed by atoms with Gasteiger partial charge in [0.15, 0.2) is 0 Å². The van der Waals surface area contributed by atoms with E-state index in [1.165, 1.54) is 6.92 Å². The number of hydrogen-bond acceptors (Lipinski definition) is 6. The van der Waals surface area contributed by atoms with Crippen molar-refractivity contribution in [3.05, 3.63) is 36.0 Å². The van der Waals surface area contributed by atoms with Gasteiger partial charge in [-0.05, 0) is 43.7 Å². The summed E-state index contributed by atoms with van der Waals surface area (Å²) >= 11 is 0. The molecule has 0 spiro atoms. The minimum absolute atomic E-state index is 0.00662. The third kappa shape index (κ3) is 2.94. The van der Waals surface area contributed by atoms with Crippen molar-refractivity contribution in [2.24, 2.45) is 5.92 Å². The van der Waals surface area contributed by atoms with Crippen molar-refractivity contribution >= 4 is 22.7 Å². The van der Waals surface area contributed by atoms with E-state index in [1.54, 1.807) is 13.3 Å². The second kappa shape index (κ2) is 6.68. The highest BCUT2D eigenvalue weighted by atomic mass is 16.5. The monoisotopic (exact) mass is 354 g/mol. The number of piperidine rings is 3. The Morgan fingerprint density at radius 1 is 1.35 bits per heavy atom. The summed E-state index contributed by atoms with van der Waals surface area (Å²) in [5.74, 6) is 0.784. The molecule has 0 radical (unpaired) electrons. The van der Waals surface area contributed by atoms with Gasteiger partial charge in [-0.3, -0.25) is 19.5 Å². The Balaban J connectivity index is 1.79. The van der Waals surface area contributed by atoms with Crippen LogP contribution in [0.25, 0.3) is 10.9 Å². The second-order valence-electron chi connectivity index (χ2n) is 7.04. The van der Waals surface area contributed by atoms with Crippen molar-refractivity contribution in [1.82, 2.24) is 9.88 Å². The maximum atomic E-state index is 12.1. The maximum Gasteiger partial charge on any atom is 0.303 e. The quantitative estimate of drug-likeness (QED) is 0.786. The van der Waals surface area contributed by atoms with E-state index in [0.717, 1.165) is 41.6 Å². The third-order valence-corrected chi connectivity index (χ3v) is 5.51. The van der Waals surface area contributed by atoms with Crippen molar-refractivity contribution in [1.29, 1.82) is 0 Å². The molecule has 0 amide bonds. The number of benzene rings is 1. The highest BCUT2D eigenvalue weighted by molar-refractivity contribution is 5.86. The van der Waals surface area contributed by atoms with Crippen LogP contribution in [0.2, 0.25) is 0 Å². The van der Waals surface area contributed by atoms with Crippen LogP contribution < -0.4 is 4.74 Å². The predicted octanol–water partition coefficient (Wildman–Crippen LogP) is 2.51. The topological polar surface area (TPSA) is 68.7 Å². The molecule has 2 bridgehead atoms. The van der Waals surface area contributed by atoms with Gasteiger partial charge in [0.1, 0.15) is 17.6 Å². The molecule has 1 aromatic heterocycles. The lowest BCUT2D eigenvalue weighted by Gasteiger charge is -2.47. The van der Waals surface area contributed by atoms with Gasteiger partial charge in [0.25, 0.3) is 0 Å². The van der Waals surface area contributed by atoms with Crippen LogP contribution in [0.15, 0.2) is 30.5 Å². The lowest BCUT2D eigenvalue weighted by molar-refractivity contribution is -0.155. The molecular weight excluding hydrogens is 332 g/mol. The molecule has 4 heterocycles. The summed E-state index contributed by atoms with van der Waals surface area (Å²) in [5.41, 5.74) is 1.74. The standard InChI is InChI=1S/C20H22N2O4/c1-12(23)26-20(18-9-13-6-8-22(18)11-19(13)24)15-5-7-21-17-4-3-14(25-2)10-16(15)17/h3-5,7,10,13,18,20H,6,8-9,11H2,1-2H3/t13-,18+,20-/m0/s1. The molecule has 26 heavy (non-hydrogen) atoms. The van der Waals surface area contributed by atoms with Gasteiger partial charge < -0.3 is 9.47 Å². The van der Waals surface area contributed by atoms with Crippen molar-refractivity contribution in [3.8, 4) is 5.75 Å². The summed E-state index contributed by atoms with van der Waals surface area (Å²) < 4.78 is 11.1. The van der Waals surface area contributed by atoms with Crippen molar-refractivity contribution in [2.75, 3.05) is 20.2 Å². The molecule has 3 saturated heterocycles. The number of Topliss-reactive ketones (excluding diaryl/α,β-unsaturated/α-hetero) is 1. The van der Waals surface area contributed by atoms with E-state index in [9.17, 15) is 9.59 Å². The van der Waals surface area contributed by atoms with Gasteiger partial charge in [0, 0.05) is 30.0 Å². The highest BCUT2D eigenvalue weighted by Crippen LogP contribution is 2.40. The molecule has 136 valence electrons. The minimum Gasteiger partial charge on any atom is -0.497 e. The molecule has 5 rings (SSSR count). The first kappa shape index (κ1) is 17.0. The Kier molecular flexibility index (Phi) is 4.36. The number of fused-ring (bicyclic) bond motifs is 4. The lowest BCUT2D eigenvalue weighted by Crippen LogP contribution is -2.56. The fourth-order valence-corrected chi connectivity index (χ4v) is 4.23. The lowest BCUT2D eigenvalue weighted by atomic mass is 9.79. The van der Waals surface area contributed by atoms with E-state index in [1.807, 2.05) is 24.3 Å². The van der Waals surface area contributed by atoms with Gasteiger partial charge >= 0.3 is 5.97 Å². The first-order valence-corrected chi connectivity index (χ1v) is 8.93. The molecule has 2 aromatic rings. The number of carbonyl (C=O) groups is 2. The average Bonchev–Trinajstić information content (AvgIpc) is 2.65. The molecule has 0 N–H and O–H groups in total. The number of hydrogen-bond donors (Lipinski definition) is 0. The van der Waals surface area contributed by atoms with Crippen molar-refractivity contribution in [3.63, 3.8) is 0 Å². The van der Waals surface area contributed by atoms with Crippen LogP contribution in [0, 0.1) is 5.92 Å². The molecule has 4 atom stereocenters. The number of ether oxygens (including phenoxy) is 2. The number of methoxy groups -OCH3 is 1. The van der Waals surface area contributed by atoms with E-state index in [0.29, 0.717) is 12.3 Å². The normalized spacial score (nSPS) is 25.9. The summed E-state index contributed by atoms with van der Waals surface area (Å²) in [5, 5.41) is 0.909. The van der Waals surface area contributed by atoms with Crippen LogP contribution in [0.4, 0.5) is 0 Å². The molecular formula is C20H22N2O4. The predicted molar refractivity (Wildman–Crippen MR) is 95.9 cm³/mol. The zero-order valence-corrected chi connectivity index (χ0v) is 15.0. The molecule has 0 aliphatic carbocycles. The molecule has 6 nitrogen and oxygen atoms in total. The number of carbonyl (C=O) groups excluding carboxylic acids is 2. The zero-order chi connectivity index (χ0) is 18.3. The molecule has 3 aliphatic rings. The SMILES string of the molecule is COc1ccc2nccc([C@H](OC(C)=O)[C@H]3C[C@@H]4CCN3CC4=O)c2c1. The summed E-state index contributed by atoms with van der Waals surface area (Å²) in [4.78, 5) is 30.5. The molecule has 6 heteroatoms. The Bertz CT molecular complexity index is 866. The number of pyridine rings is 1. The summed E-state index contributed by atoms with van der Waals surface area (Å²) in [6.07, 6.45) is 2.93. The third-order valence-electron chi connectivity index (χ3n) is 5.51. The van der Waals surface area contributed by atoms with E-state index >= 15 is 0 Å². The van der Waals surface area contributed by atoms with E-state index in [-0.39, 0.29) is 17.9 Å². The van der Waals surface area contributed by atoms with Crippen LogP contribution in [-0.2, 0) is 14.3 Å². The molecule has 1 unspecified atom stereocenters. The van der Waals surface area contributed by atoms with E-state index in [2.05, 4.69) is 9.88 Å². The smallest absolute Gasteiger partial charge is 0.303 e. The Hall–Kier alpha value is -2.47. The largest absolute Gasteiger partial charge is 0.497 e. The van der Waals surface area contributed by atoms with Gasteiger partial charge in [-0.15, -0.1) is 0 Å². The first-order valence-electron chi connectivity index (χ1n) is 8.93. The summed E-state index contributed by atoms with van der Waals surface area (Å²) in [6.45, 7) is 2.74. The van der Waals surface area contributed by atoms with Gasteiger partial charge in [-0.1, -0.05) is 0 Å². The van der Waals surface area contributed by atoms with E-state index < -0.39 is 6.10 Å². The fraction of sp³-hybridized carbons (Fsp3) is 0.450. The van der Waals surface area contributed by atoms with Crippen LogP contribution in [0.1, 0.15) is 31.4 Å². The number of ketones is 1. The van der Waals surface area contributed by atoms with Crippen molar-refractivity contribution < 1.29 is 19.1 Å². The fourth-order valence-electron chi connectivity index (χ4n) is 4.23. The van der Waals surface area contributed by atoms with Crippen LogP contribution >= 0.6 is 0 Å². The van der Waals surface area contributed by atoms with Gasteiger partial charge in [0.2, 0.25) is 0 Å². The van der Waals surface area contributed by atoms with Gasteiger partial charge in [0.05, 0.1) is 25.2 Å².